The molecule has 0 aromatic heterocycles. The second kappa shape index (κ2) is 5.80. The van der Waals surface area contributed by atoms with Gasteiger partial charge in [-0.05, 0) is 18.8 Å². The Morgan fingerprint density at radius 2 is 1.89 bits per heavy atom. The van der Waals surface area contributed by atoms with Gasteiger partial charge >= 0.3 is 0 Å². The number of rotatable bonds is 4. The number of nitrogens with zero attached hydrogens (tertiary/aromatic N) is 2. The summed E-state index contributed by atoms with van der Waals surface area (Å²) in [5.74, 6) is 0.465. The highest BCUT2D eigenvalue weighted by Crippen LogP contribution is 2.28. The molecule has 0 bridgehead atoms. The Morgan fingerprint density at radius 3 is 2.42 bits per heavy atom. The Kier molecular flexibility index (Phi) is 4.51. The molecular weight excluding hydrogens is 240 g/mol. The number of carbonyl (C=O) groups excluding carboxylic acids is 1. The summed E-state index contributed by atoms with van der Waals surface area (Å²) in [6, 6.07) is 0.437. The Morgan fingerprint density at radius 1 is 1.32 bits per heavy atom. The van der Waals surface area contributed by atoms with Crippen molar-refractivity contribution in [3.05, 3.63) is 0 Å². The fourth-order valence-corrected chi connectivity index (χ4v) is 3.18. The molecule has 1 saturated heterocycles. The van der Waals surface area contributed by atoms with E-state index in [1.807, 2.05) is 25.8 Å². The zero-order valence-corrected chi connectivity index (χ0v) is 12.6. The molecule has 4 heteroatoms. The molecule has 4 nitrogen and oxygen atoms in total. The lowest BCUT2D eigenvalue weighted by molar-refractivity contribution is -0.150. The lowest BCUT2D eigenvalue weighted by atomic mass is 9.83. The molecular formula is C15H28N2O2. The number of aliphatic hydroxyl groups is 1. The van der Waals surface area contributed by atoms with E-state index in [4.69, 9.17) is 0 Å². The fraction of sp³-hybridized carbons (Fsp3) is 0.933. The smallest absolute Gasteiger partial charge is 0.236 e. The summed E-state index contributed by atoms with van der Waals surface area (Å²) in [6.45, 7) is 5.80. The molecule has 0 aromatic rings. The largest absolute Gasteiger partial charge is 0.387 e. The highest BCUT2D eigenvalue weighted by Gasteiger charge is 2.44. The minimum atomic E-state index is -0.580. The van der Waals surface area contributed by atoms with Crippen molar-refractivity contribution in [2.45, 2.75) is 57.6 Å². The third-order valence-electron chi connectivity index (χ3n) is 4.94. The summed E-state index contributed by atoms with van der Waals surface area (Å²) in [4.78, 5) is 16.2. The molecule has 0 unspecified atom stereocenters. The summed E-state index contributed by atoms with van der Waals surface area (Å²) in [5.41, 5.74) is -0.580. The van der Waals surface area contributed by atoms with Crippen molar-refractivity contribution >= 4 is 5.91 Å². The van der Waals surface area contributed by atoms with Crippen LogP contribution in [0.1, 0.15) is 46.0 Å². The standard InChI is InChI=1S/C15H28N2O2/c1-12(2)15(19)10-17(11-15)9-14(18)16(3)13-7-5-4-6-8-13/h12-13,19H,4-11H2,1-3H3. The average Bonchev–Trinajstić information content (AvgIpc) is 2.36. The monoisotopic (exact) mass is 268 g/mol. The van der Waals surface area contributed by atoms with E-state index in [0.29, 0.717) is 25.7 Å². The van der Waals surface area contributed by atoms with Crippen molar-refractivity contribution in [1.82, 2.24) is 9.80 Å². The summed E-state index contributed by atoms with van der Waals surface area (Å²) >= 11 is 0. The van der Waals surface area contributed by atoms with Crippen LogP contribution in [0.25, 0.3) is 0 Å². The summed E-state index contributed by atoms with van der Waals surface area (Å²) in [7, 11) is 1.94. The SMILES string of the molecule is CC(C)C1(O)CN(CC(=O)N(C)C2CCCCC2)C1. The van der Waals surface area contributed by atoms with Crippen LogP contribution in [0, 0.1) is 5.92 Å². The lowest BCUT2D eigenvalue weighted by Crippen LogP contribution is -2.66. The summed E-state index contributed by atoms with van der Waals surface area (Å²) in [6.07, 6.45) is 6.11. The molecule has 110 valence electrons. The maximum absolute atomic E-state index is 12.2. The van der Waals surface area contributed by atoms with Crippen LogP contribution in [0.4, 0.5) is 0 Å². The number of likely N-dealkylation sites (N-methyl/N-ethyl adjacent to an activating group) is 1. The van der Waals surface area contributed by atoms with Crippen LogP contribution in [-0.2, 0) is 4.79 Å². The van der Waals surface area contributed by atoms with Gasteiger partial charge in [-0.2, -0.15) is 0 Å². The highest BCUT2D eigenvalue weighted by molar-refractivity contribution is 5.78. The number of likely N-dealkylation sites (tertiary alicyclic amines) is 1. The van der Waals surface area contributed by atoms with Crippen LogP contribution >= 0.6 is 0 Å². The van der Waals surface area contributed by atoms with Gasteiger partial charge in [0.05, 0.1) is 12.1 Å². The highest BCUT2D eigenvalue weighted by atomic mass is 16.3. The van der Waals surface area contributed by atoms with Crippen molar-refractivity contribution in [2.24, 2.45) is 5.92 Å². The first kappa shape index (κ1) is 14.8. The number of hydrogen-bond donors (Lipinski definition) is 1. The van der Waals surface area contributed by atoms with Gasteiger partial charge in [-0.1, -0.05) is 33.1 Å². The molecule has 2 aliphatic rings. The quantitative estimate of drug-likeness (QED) is 0.840. The predicted molar refractivity (Wildman–Crippen MR) is 75.9 cm³/mol. The van der Waals surface area contributed by atoms with Crippen LogP contribution in [0.5, 0.6) is 0 Å². The van der Waals surface area contributed by atoms with Crippen molar-refractivity contribution in [2.75, 3.05) is 26.7 Å². The summed E-state index contributed by atoms with van der Waals surface area (Å²) < 4.78 is 0. The first-order chi connectivity index (χ1) is 8.92. The predicted octanol–water partition coefficient (Wildman–Crippen LogP) is 1.48. The van der Waals surface area contributed by atoms with Gasteiger partial charge in [-0.15, -0.1) is 0 Å². The number of β-amino-alcohol motifs (C(OH)–C–C–N with tert-alkyl or cyclic N) is 1. The maximum atomic E-state index is 12.2. The number of carbonyl (C=O) groups is 1. The zero-order valence-electron chi connectivity index (χ0n) is 12.6. The third-order valence-corrected chi connectivity index (χ3v) is 4.94. The Balaban J connectivity index is 1.76. The van der Waals surface area contributed by atoms with Crippen LogP contribution in [-0.4, -0.2) is 59.1 Å². The Bertz CT molecular complexity index is 318. The van der Waals surface area contributed by atoms with Crippen LogP contribution in [0.15, 0.2) is 0 Å². The van der Waals surface area contributed by atoms with Gasteiger partial charge < -0.3 is 10.0 Å². The molecule has 1 aliphatic carbocycles. The van der Waals surface area contributed by atoms with Gasteiger partial charge in [0.2, 0.25) is 5.91 Å². The molecule has 1 heterocycles. The fourth-order valence-electron chi connectivity index (χ4n) is 3.18. The minimum Gasteiger partial charge on any atom is -0.387 e. The van der Waals surface area contributed by atoms with E-state index in [9.17, 15) is 9.90 Å². The second-order valence-corrected chi connectivity index (χ2v) is 6.70. The summed E-state index contributed by atoms with van der Waals surface area (Å²) in [5, 5.41) is 10.2. The van der Waals surface area contributed by atoms with E-state index in [2.05, 4.69) is 4.90 Å². The normalized spacial score (nSPS) is 24.3. The minimum absolute atomic E-state index is 0.206. The number of amides is 1. The molecule has 19 heavy (non-hydrogen) atoms. The van der Waals surface area contributed by atoms with Crippen molar-refractivity contribution < 1.29 is 9.90 Å². The Hall–Kier alpha value is -0.610. The maximum Gasteiger partial charge on any atom is 0.236 e. The molecule has 2 rings (SSSR count). The number of hydrogen-bond acceptors (Lipinski definition) is 3. The van der Waals surface area contributed by atoms with Gasteiger partial charge in [-0.25, -0.2) is 0 Å². The van der Waals surface area contributed by atoms with E-state index in [0.717, 1.165) is 12.8 Å². The molecule has 0 atom stereocenters. The second-order valence-electron chi connectivity index (χ2n) is 6.70. The van der Waals surface area contributed by atoms with Gasteiger partial charge in [0.1, 0.15) is 0 Å². The topological polar surface area (TPSA) is 43.8 Å². The van der Waals surface area contributed by atoms with E-state index < -0.39 is 5.60 Å². The first-order valence-corrected chi connectivity index (χ1v) is 7.63. The lowest BCUT2D eigenvalue weighted by Gasteiger charge is -2.49. The molecule has 1 saturated carbocycles. The van der Waals surface area contributed by atoms with Crippen LogP contribution in [0.2, 0.25) is 0 Å². The molecule has 1 N–H and O–H groups in total. The van der Waals surface area contributed by atoms with E-state index in [1.54, 1.807) is 0 Å². The van der Waals surface area contributed by atoms with Gasteiger partial charge in [-0.3, -0.25) is 9.69 Å². The van der Waals surface area contributed by atoms with E-state index in [1.165, 1.54) is 19.3 Å². The molecule has 2 fully saturated rings. The van der Waals surface area contributed by atoms with E-state index in [-0.39, 0.29) is 11.8 Å². The van der Waals surface area contributed by atoms with E-state index >= 15 is 0 Å². The van der Waals surface area contributed by atoms with Crippen molar-refractivity contribution in [1.29, 1.82) is 0 Å². The van der Waals surface area contributed by atoms with Gasteiger partial charge in [0.25, 0.3) is 0 Å². The first-order valence-electron chi connectivity index (χ1n) is 7.63. The Labute approximate surface area is 116 Å². The van der Waals surface area contributed by atoms with Crippen LogP contribution < -0.4 is 0 Å². The molecule has 0 radical (unpaired) electrons. The van der Waals surface area contributed by atoms with Crippen LogP contribution in [0.3, 0.4) is 0 Å². The van der Waals surface area contributed by atoms with Gasteiger partial charge in [0.15, 0.2) is 0 Å². The van der Waals surface area contributed by atoms with Gasteiger partial charge in [0, 0.05) is 26.2 Å². The zero-order chi connectivity index (χ0) is 14.0. The van der Waals surface area contributed by atoms with Crippen molar-refractivity contribution in [3.8, 4) is 0 Å². The molecule has 1 amide bonds. The average molecular weight is 268 g/mol. The molecule has 1 aliphatic heterocycles. The molecule has 0 aromatic carbocycles. The molecule has 0 spiro atoms. The third kappa shape index (κ3) is 3.29. The van der Waals surface area contributed by atoms with Crippen molar-refractivity contribution in [3.63, 3.8) is 0 Å².